The van der Waals surface area contributed by atoms with Gasteiger partial charge < -0.3 is 15.4 Å². The van der Waals surface area contributed by atoms with E-state index in [2.05, 4.69) is 0 Å². The quantitative estimate of drug-likeness (QED) is 0.688. The molecule has 2 N–H and O–H groups in total. The molecule has 0 amide bonds. The summed E-state index contributed by atoms with van der Waals surface area (Å²) in [6, 6.07) is 6.87. The molecule has 0 spiro atoms. The molecule has 0 aliphatic heterocycles. The van der Waals surface area contributed by atoms with Gasteiger partial charge in [-0.1, -0.05) is 12.1 Å². The molecule has 0 aliphatic rings. The lowest BCUT2D eigenvalue weighted by Crippen LogP contribution is -2.28. The minimum Gasteiger partial charge on any atom is -0.382 e. The molecule has 4 heteroatoms. The van der Waals surface area contributed by atoms with E-state index in [1.54, 1.807) is 6.07 Å². The number of halogens is 1. The molecule has 18 heavy (non-hydrogen) atoms. The number of ether oxygens (including phenoxy) is 1. The fourth-order valence-corrected chi connectivity index (χ4v) is 1.84. The number of nitrogens with two attached hydrogens (primary N) is 1. The van der Waals surface area contributed by atoms with Crippen molar-refractivity contribution in [3.05, 3.63) is 30.1 Å². The standard InChI is InChI=1S/C14H23FN2O/c1-2-18-12-6-11-17(10-5-9-16)14-8-4-3-7-13(14)15/h3-4,7-8H,2,5-6,9-12,16H2,1H3. The molecule has 0 bridgehead atoms. The number of benzene rings is 1. The summed E-state index contributed by atoms with van der Waals surface area (Å²) in [4.78, 5) is 2.04. The van der Waals surface area contributed by atoms with E-state index >= 15 is 0 Å². The normalized spacial score (nSPS) is 10.6. The van der Waals surface area contributed by atoms with Crippen LogP contribution in [0.4, 0.5) is 10.1 Å². The Hall–Kier alpha value is -1.13. The summed E-state index contributed by atoms with van der Waals surface area (Å²) in [5, 5.41) is 0. The summed E-state index contributed by atoms with van der Waals surface area (Å²) >= 11 is 0. The molecule has 0 fully saturated rings. The van der Waals surface area contributed by atoms with Crippen LogP contribution in [0, 0.1) is 5.82 Å². The van der Waals surface area contributed by atoms with E-state index in [0.717, 1.165) is 32.5 Å². The van der Waals surface area contributed by atoms with Crippen LogP contribution in [-0.4, -0.2) is 32.8 Å². The van der Waals surface area contributed by atoms with Gasteiger partial charge in [0.15, 0.2) is 0 Å². The zero-order valence-electron chi connectivity index (χ0n) is 11.1. The minimum atomic E-state index is -0.175. The van der Waals surface area contributed by atoms with Crippen molar-refractivity contribution in [2.45, 2.75) is 19.8 Å². The molecule has 1 aromatic carbocycles. The van der Waals surface area contributed by atoms with Crippen LogP contribution < -0.4 is 10.6 Å². The van der Waals surface area contributed by atoms with Crippen LogP contribution in [0.15, 0.2) is 24.3 Å². The highest BCUT2D eigenvalue weighted by atomic mass is 19.1. The van der Waals surface area contributed by atoms with Crippen molar-refractivity contribution in [1.29, 1.82) is 0 Å². The van der Waals surface area contributed by atoms with Gasteiger partial charge in [0.1, 0.15) is 5.82 Å². The fourth-order valence-electron chi connectivity index (χ4n) is 1.84. The monoisotopic (exact) mass is 254 g/mol. The Bertz CT molecular complexity index is 333. The van der Waals surface area contributed by atoms with E-state index in [-0.39, 0.29) is 5.82 Å². The first-order valence-corrected chi connectivity index (χ1v) is 6.57. The van der Waals surface area contributed by atoms with Gasteiger partial charge in [-0.3, -0.25) is 0 Å². The molecular formula is C14H23FN2O. The van der Waals surface area contributed by atoms with E-state index in [1.165, 1.54) is 6.07 Å². The van der Waals surface area contributed by atoms with Gasteiger partial charge in [0.25, 0.3) is 0 Å². The SMILES string of the molecule is CCOCCCN(CCCN)c1ccccc1F. The average Bonchev–Trinajstić information content (AvgIpc) is 2.39. The first-order valence-electron chi connectivity index (χ1n) is 6.57. The maximum absolute atomic E-state index is 13.7. The third-order valence-electron chi connectivity index (χ3n) is 2.75. The summed E-state index contributed by atoms with van der Waals surface area (Å²) in [7, 11) is 0. The Morgan fingerprint density at radius 2 is 1.94 bits per heavy atom. The molecule has 0 unspecified atom stereocenters. The predicted octanol–water partition coefficient (Wildman–Crippen LogP) is 2.41. The summed E-state index contributed by atoms with van der Waals surface area (Å²) < 4.78 is 19.0. The van der Waals surface area contributed by atoms with E-state index < -0.39 is 0 Å². The highest BCUT2D eigenvalue weighted by molar-refractivity contribution is 5.47. The summed E-state index contributed by atoms with van der Waals surface area (Å²) in [5.74, 6) is -0.175. The third-order valence-corrected chi connectivity index (χ3v) is 2.75. The zero-order valence-corrected chi connectivity index (χ0v) is 11.1. The lowest BCUT2D eigenvalue weighted by molar-refractivity contribution is 0.146. The van der Waals surface area contributed by atoms with Crippen molar-refractivity contribution in [3.63, 3.8) is 0 Å². The Morgan fingerprint density at radius 3 is 2.61 bits per heavy atom. The van der Waals surface area contributed by atoms with E-state index in [1.807, 2.05) is 24.0 Å². The molecule has 0 atom stereocenters. The van der Waals surface area contributed by atoms with Crippen molar-refractivity contribution < 1.29 is 9.13 Å². The van der Waals surface area contributed by atoms with Crippen LogP contribution in [0.5, 0.6) is 0 Å². The Morgan fingerprint density at radius 1 is 1.22 bits per heavy atom. The zero-order chi connectivity index (χ0) is 13.2. The molecule has 102 valence electrons. The van der Waals surface area contributed by atoms with Crippen molar-refractivity contribution in [2.24, 2.45) is 5.73 Å². The van der Waals surface area contributed by atoms with Gasteiger partial charge in [-0.05, 0) is 38.4 Å². The second-order valence-electron chi connectivity index (χ2n) is 4.13. The molecule has 0 aromatic heterocycles. The number of hydrogen-bond acceptors (Lipinski definition) is 3. The predicted molar refractivity (Wildman–Crippen MR) is 73.4 cm³/mol. The highest BCUT2D eigenvalue weighted by Gasteiger charge is 2.10. The maximum Gasteiger partial charge on any atom is 0.146 e. The number of hydrogen-bond donors (Lipinski definition) is 1. The molecule has 3 nitrogen and oxygen atoms in total. The average molecular weight is 254 g/mol. The van der Waals surface area contributed by atoms with Gasteiger partial charge >= 0.3 is 0 Å². The van der Waals surface area contributed by atoms with Crippen molar-refractivity contribution in [1.82, 2.24) is 0 Å². The molecule has 1 rings (SSSR count). The van der Waals surface area contributed by atoms with Crippen LogP contribution in [0.1, 0.15) is 19.8 Å². The lowest BCUT2D eigenvalue weighted by Gasteiger charge is -2.25. The van der Waals surface area contributed by atoms with Crippen LogP contribution in [0.2, 0.25) is 0 Å². The Labute approximate surface area is 109 Å². The smallest absolute Gasteiger partial charge is 0.146 e. The molecule has 0 saturated carbocycles. The second-order valence-corrected chi connectivity index (χ2v) is 4.13. The number of anilines is 1. The van der Waals surface area contributed by atoms with E-state index in [9.17, 15) is 4.39 Å². The minimum absolute atomic E-state index is 0.175. The Kier molecular flexibility index (Phi) is 7.37. The van der Waals surface area contributed by atoms with Crippen LogP contribution in [0.25, 0.3) is 0 Å². The summed E-state index contributed by atoms with van der Waals surface area (Å²) in [5.41, 5.74) is 6.18. The molecule has 0 radical (unpaired) electrons. The first kappa shape index (κ1) is 14.9. The van der Waals surface area contributed by atoms with Crippen LogP contribution >= 0.6 is 0 Å². The first-order chi connectivity index (χ1) is 8.79. The molecule has 0 aliphatic carbocycles. The number of rotatable bonds is 9. The second kappa shape index (κ2) is 8.89. The lowest BCUT2D eigenvalue weighted by atomic mass is 10.2. The number of para-hydroxylation sites is 1. The van der Waals surface area contributed by atoms with Crippen LogP contribution in [0.3, 0.4) is 0 Å². The summed E-state index contributed by atoms with van der Waals surface area (Å²) in [6.45, 7) is 5.61. The van der Waals surface area contributed by atoms with E-state index in [4.69, 9.17) is 10.5 Å². The molecular weight excluding hydrogens is 231 g/mol. The molecule has 0 heterocycles. The third kappa shape index (κ3) is 5.02. The van der Waals surface area contributed by atoms with Gasteiger partial charge in [0.2, 0.25) is 0 Å². The molecule has 1 aromatic rings. The highest BCUT2D eigenvalue weighted by Crippen LogP contribution is 2.19. The van der Waals surface area contributed by atoms with Crippen molar-refractivity contribution >= 4 is 5.69 Å². The van der Waals surface area contributed by atoms with Gasteiger partial charge in [-0.2, -0.15) is 0 Å². The maximum atomic E-state index is 13.7. The van der Waals surface area contributed by atoms with Crippen LogP contribution in [-0.2, 0) is 4.74 Å². The largest absolute Gasteiger partial charge is 0.382 e. The Balaban J connectivity index is 2.57. The number of nitrogens with zero attached hydrogens (tertiary/aromatic N) is 1. The van der Waals surface area contributed by atoms with E-state index in [0.29, 0.717) is 18.8 Å². The van der Waals surface area contributed by atoms with Gasteiger partial charge in [0.05, 0.1) is 5.69 Å². The van der Waals surface area contributed by atoms with Crippen molar-refractivity contribution in [2.75, 3.05) is 37.7 Å². The molecule has 0 saturated heterocycles. The van der Waals surface area contributed by atoms with Crippen molar-refractivity contribution in [3.8, 4) is 0 Å². The van der Waals surface area contributed by atoms with Gasteiger partial charge in [0, 0.05) is 26.3 Å². The van der Waals surface area contributed by atoms with Gasteiger partial charge in [-0.25, -0.2) is 4.39 Å². The topological polar surface area (TPSA) is 38.5 Å². The summed E-state index contributed by atoms with van der Waals surface area (Å²) in [6.07, 6.45) is 1.76. The fraction of sp³-hybridized carbons (Fsp3) is 0.571. The van der Waals surface area contributed by atoms with Gasteiger partial charge in [-0.15, -0.1) is 0 Å².